The second kappa shape index (κ2) is 4.09. The zero-order chi connectivity index (χ0) is 12.8. The van der Waals surface area contributed by atoms with Crippen molar-refractivity contribution in [2.75, 3.05) is 5.32 Å². The number of nitrogens with one attached hydrogen (secondary N) is 1. The smallest absolute Gasteiger partial charge is 0.232 e. The Hall–Kier alpha value is -0.900. The van der Waals surface area contributed by atoms with E-state index in [0.29, 0.717) is 10.2 Å². The monoisotopic (exact) mass is 299 g/mol. The summed E-state index contributed by atoms with van der Waals surface area (Å²) in [7, 11) is 0. The van der Waals surface area contributed by atoms with Crippen LogP contribution in [0.1, 0.15) is 38.7 Å². The Morgan fingerprint density at radius 2 is 2.12 bits per heavy atom. The van der Waals surface area contributed by atoms with Crippen LogP contribution in [0.3, 0.4) is 0 Å². The van der Waals surface area contributed by atoms with E-state index in [9.17, 15) is 9.18 Å². The summed E-state index contributed by atoms with van der Waals surface area (Å²) in [5.74, 6) is -0.642. The van der Waals surface area contributed by atoms with Crippen LogP contribution in [0.2, 0.25) is 0 Å². The molecule has 1 aliphatic rings. The molecule has 0 radical (unpaired) electrons. The van der Waals surface area contributed by atoms with Crippen molar-refractivity contribution in [3.05, 3.63) is 28.0 Å². The molecule has 1 aliphatic heterocycles. The van der Waals surface area contributed by atoms with E-state index >= 15 is 0 Å². The lowest BCUT2D eigenvalue weighted by Crippen LogP contribution is -2.27. The number of hydrogen-bond acceptors (Lipinski definition) is 1. The number of benzene rings is 1. The average Bonchev–Trinajstić information content (AvgIpc) is 2.55. The molecule has 92 valence electrons. The van der Waals surface area contributed by atoms with Gasteiger partial charge in [-0.2, -0.15) is 0 Å². The van der Waals surface area contributed by atoms with Crippen molar-refractivity contribution in [3.8, 4) is 0 Å². The largest absolute Gasteiger partial charge is 0.324 e. The maximum atomic E-state index is 13.4. The van der Waals surface area contributed by atoms with Crippen LogP contribution in [0.25, 0.3) is 0 Å². The molecular weight excluding hydrogens is 285 g/mol. The third kappa shape index (κ3) is 1.99. The molecule has 17 heavy (non-hydrogen) atoms. The van der Waals surface area contributed by atoms with Gasteiger partial charge in [-0.15, -0.1) is 0 Å². The first kappa shape index (κ1) is 12.6. The molecule has 1 aromatic rings. The first-order valence-electron chi connectivity index (χ1n) is 5.66. The lowest BCUT2D eigenvalue weighted by molar-refractivity contribution is -0.119. The average molecular weight is 300 g/mol. The van der Waals surface area contributed by atoms with Gasteiger partial charge in [0.25, 0.3) is 0 Å². The van der Waals surface area contributed by atoms with Crippen molar-refractivity contribution in [1.82, 2.24) is 0 Å². The molecule has 1 unspecified atom stereocenters. The van der Waals surface area contributed by atoms with E-state index < -0.39 is 0 Å². The van der Waals surface area contributed by atoms with Crippen LogP contribution in [0.15, 0.2) is 16.6 Å². The van der Waals surface area contributed by atoms with Crippen molar-refractivity contribution in [2.45, 2.75) is 33.1 Å². The number of rotatable bonds is 2. The predicted molar refractivity (Wildman–Crippen MR) is 69.5 cm³/mol. The number of hydrogen-bond donors (Lipinski definition) is 1. The minimum atomic E-state index is -0.316. The van der Waals surface area contributed by atoms with E-state index in [1.54, 1.807) is 0 Å². The maximum Gasteiger partial charge on any atom is 0.232 e. The van der Waals surface area contributed by atoms with Crippen LogP contribution < -0.4 is 5.32 Å². The summed E-state index contributed by atoms with van der Waals surface area (Å²) in [6, 6.07) is 2.83. The molecule has 1 amide bonds. The van der Waals surface area contributed by atoms with Crippen molar-refractivity contribution in [3.63, 3.8) is 0 Å². The Labute approximate surface area is 109 Å². The molecule has 0 bridgehead atoms. The summed E-state index contributed by atoms with van der Waals surface area (Å²) >= 11 is 3.29. The summed E-state index contributed by atoms with van der Waals surface area (Å²) in [4.78, 5) is 12.0. The molecule has 4 heteroatoms. The minimum absolute atomic E-state index is 0.0434. The molecule has 1 N–H and O–H groups in total. The molecule has 1 aromatic carbocycles. The third-order valence-corrected chi connectivity index (χ3v) is 4.23. The summed E-state index contributed by atoms with van der Waals surface area (Å²) in [5, 5.41) is 2.83. The second-order valence-corrected chi connectivity index (χ2v) is 5.97. The molecule has 2 rings (SSSR count). The second-order valence-electron chi connectivity index (χ2n) is 5.12. The molecule has 0 saturated carbocycles. The molecule has 1 heterocycles. The Morgan fingerprint density at radius 3 is 2.71 bits per heavy atom. The molecule has 0 spiro atoms. The van der Waals surface area contributed by atoms with Gasteiger partial charge in [0.15, 0.2) is 0 Å². The van der Waals surface area contributed by atoms with Gasteiger partial charge in [0, 0.05) is 4.47 Å². The summed E-state index contributed by atoms with van der Waals surface area (Å²) in [6.07, 6.45) is 0.860. The van der Waals surface area contributed by atoms with Crippen LogP contribution in [-0.4, -0.2) is 5.91 Å². The van der Waals surface area contributed by atoms with Gasteiger partial charge in [0.05, 0.1) is 11.6 Å². The normalized spacial score (nSPS) is 19.1. The van der Waals surface area contributed by atoms with E-state index in [1.807, 2.05) is 20.8 Å². The van der Waals surface area contributed by atoms with Gasteiger partial charge in [0.2, 0.25) is 5.91 Å². The number of halogens is 2. The van der Waals surface area contributed by atoms with Gasteiger partial charge in [-0.25, -0.2) is 4.39 Å². The van der Waals surface area contributed by atoms with E-state index in [0.717, 1.165) is 12.0 Å². The molecule has 0 aromatic heterocycles. The van der Waals surface area contributed by atoms with Crippen LogP contribution in [0.4, 0.5) is 10.1 Å². The highest BCUT2D eigenvalue weighted by atomic mass is 79.9. The highest BCUT2D eigenvalue weighted by Crippen LogP contribution is 2.48. The first-order chi connectivity index (χ1) is 7.86. The van der Waals surface area contributed by atoms with Crippen molar-refractivity contribution in [2.24, 2.45) is 5.41 Å². The van der Waals surface area contributed by atoms with E-state index in [1.165, 1.54) is 12.1 Å². The van der Waals surface area contributed by atoms with E-state index in [2.05, 4.69) is 21.2 Å². The lowest BCUT2D eigenvalue weighted by atomic mass is 9.74. The number of anilines is 1. The lowest BCUT2D eigenvalue weighted by Gasteiger charge is -2.28. The van der Waals surface area contributed by atoms with Crippen LogP contribution in [0.5, 0.6) is 0 Å². The topological polar surface area (TPSA) is 29.1 Å². The highest BCUT2D eigenvalue weighted by Gasteiger charge is 2.41. The minimum Gasteiger partial charge on any atom is -0.324 e. The standard InChI is InChI=1S/C13H15BrFNO/c1-4-13(2,3)10-8-5-7(15)6-9(14)11(8)16-12(10)17/h5-6,10H,4H2,1-3H3,(H,16,17). The van der Waals surface area contributed by atoms with Gasteiger partial charge >= 0.3 is 0 Å². The van der Waals surface area contributed by atoms with Gasteiger partial charge in [-0.05, 0) is 45.5 Å². The zero-order valence-corrected chi connectivity index (χ0v) is 11.7. The SMILES string of the molecule is CCC(C)(C)C1C(=O)Nc2c(Br)cc(F)cc21. The van der Waals surface area contributed by atoms with E-state index in [4.69, 9.17) is 0 Å². The zero-order valence-electron chi connectivity index (χ0n) is 10.1. The van der Waals surface area contributed by atoms with Crippen molar-refractivity contribution in [1.29, 1.82) is 0 Å². The molecule has 0 fully saturated rings. The highest BCUT2D eigenvalue weighted by molar-refractivity contribution is 9.10. The summed E-state index contributed by atoms with van der Waals surface area (Å²) in [6.45, 7) is 6.11. The van der Waals surface area contributed by atoms with E-state index in [-0.39, 0.29) is 23.1 Å². The van der Waals surface area contributed by atoms with Crippen LogP contribution in [0, 0.1) is 11.2 Å². The Morgan fingerprint density at radius 1 is 1.47 bits per heavy atom. The van der Waals surface area contributed by atoms with Crippen LogP contribution in [-0.2, 0) is 4.79 Å². The fourth-order valence-electron chi connectivity index (χ4n) is 2.27. The molecule has 2 nitrogen and oxygen atoms in total. The van der Waals surface area contributed by atoms with Gasteiger partial charge in [-0.1, -0.05) is 20.8 Å². The molecule has 1 atom stereocenters. The molecule has 0 saturated heterocycles. The fraction of sp³-hybridized carbons (Fsp3) is 0.462. The van der Waals surface area contributed by atoms with Gasteiger partial charge in [-0.3, -0.25) is 4.79 Å². The first-order valence-corrected chi connectivity index (χ1v) is 6.46. The van der Waals surface area contributed by atoms with Crippen LogP contribution >= 0.6 is 15.9 Å². The van der Waals surface area contributed by atoms with Crippen molar-refractivity contribution < 1.29 is 9.18 Å². The number of carbonyl (C=O) groups excluding carboxylic acids is 1. The Balaban J connectivity index is 2.58. The summed E-state index contributed by atoms with van der Waals surface area (Å²) in [5.41, 5.74) is 1.29. The van der Waals surface area contributed by atoms with Gasteiger partial charge in [0.1, 0.15) is 5.82 Å². The quantitative estimate of drug-likeness (QED) is 0.876. The Bertz CT molecular complexity index is 485. The van der Waals surface area contributed by atoms with Crippen molar-refractivity contribution >= 4 is 27.5 Å². The fourth-order valence-corrected chi connectivity index (χ4v) is 2.82. The molecular formula is C13H15BrFNO. The number of carbonyl (C=O) groups is 1. The third-order valence-electron chi connectivity index (χ3n) is 3.60. The van der Waals surface area contributed by atoms with Gasteiger partial charge < -0.3 is 5.32 Å². The summed E-state index contributed by atoms with van der Waals surface area (Å²) < 4.78 is 14.1. The predicted octanol–water partition coefficient (Wildman–Crippen LogP) is 4.06. The number of fused-ring (bicyclic) bond motifs is 1. The Kier molecular flexibility index (Phi) is 3.02. The molecule has 0 aliphatic carbocycles. The maximum absolute atomic E-state index is 13.4. The number of amides is 1.